The van der Waals surface area contributed by atoms with Crippen molar-refractivity contribution in [3.8, 4) is 0 Å². The zero-order chi connectivity index (χ0) is 11.5. The van der Waals surface area contributed by atoms with Crippen LogP contribution in [0.4, 0.5) is 0 Å². The molecule has 1 saturated heterocycles. The molecule has 1 saturated carbocycles. The Bertz CT molecular complexity index is 255. The average molecular weight is 242 g/mol. The van der Waals surface area contributed by atoms with Crippen LogP contribution in [-0.4, -0.2) is 40.9 Å². The second-order valence-electron chi connectivity index (χ2n) is 4.95. The van der Waals surface area contributed by atoms with Gasteiger partial charge in [-0.05, 0) is 25.2 Å². The molecule has 1 aliphatic heterocycles. The highest BCUT2D eigenvalue weighted by molar-refractivity contribution is 8.00. The molecule has 0 radical (unpaired) electrons. The summed E-state index contributed by atoms with van der Waals surface area (Å²) in [4.78, 5) is 14.1. The predicted octanol–water partition coefficient (Wildman–Crippen LogP) is 1.47. The Morgan fingerprint density at radius 3 is 2.94 bits per heavy atom. The van der Waals surface area contributed by atoms with Crippen LogP contribution in [0, 0.1) is 5.92 Å². The van der Waals surface area contributed by atoms with Gasteiger partial charge in [-0.15, -0.1) is 0 Å². The lowest BCUT2D eigenvalue weighted by Gasteiger charge is -2.32. The molecule has 2 N–H and O–H groups in total. The maximum absolute atomic E-state index is 12.0. The average Bonchev–Trinajstić information content (AvgIpc) is 3.13. The minimum Gasteiger partial charge on any atom is -0.341 e. The second-order valence-corrected chi connectivity index (χ2v) is 6.35. The molecular formula is C12H22N2OS. The molecule has 0 aromatic carbocycles. The third kappa shape index (κ3) is 3.14. The molecule has 2 fully saturated rings. The van der Waals surface area contributed by atoms with Gasteiger partial charge in [-0.25, -0.2) is 0 Å². The van der Waals surface area contributed by atoms with Crippen molar-refractivity contribution in [1.82, 2.24) is 4.90 Å². The summed E-state index contributed by atoms with van der Waals surface area (Å²) in [7, 11) is 0. The summed E-state index contributed by atoms with van der Waals surface area (Å²) in [5, 5.41) is 0.634. The van der Waals surface area contributed by atoms with E-state index in [0.29, 0.717) is 17.6 Å². The zero-order valence-electron chi connectivity index (χ0n) is 10.0. The topological polar surface area (TPSA) is 46.3 Å². The van der Waals surface area contributed by atoms with Crippen molar-refractivity contribution in [3.63, 3.8) is 0 Å². The van der Waals surface area contributed by atoms with E-state index in [2.05, 4.69) is 6.92 Å². The van der Waals surface area contributed by atoms with E-state index in [4.69, 9.17) is 5.73 Å². The fourth-order valence-corrected chi connectivity index (χ4v) is 3.39. The largest absolute Gasteiger partial charge is 0.341 e. The number of carbonyl (C=O) groups excluding carboxylic acids is 1. The Labute approximate surface area is 102 Å². The summed E-state index contributed by atoms with van der Waals surface area (Å²) in [6.07, 6.45) is 4.17. The SMILES string of the molecule is CCC1CN(C(=O)CC(N)C2CC2)CCS1. The molecule has 4 heteroatoms. The van der Waals surface area contributed by atoms with Crippen molar-refractivity contribution in [2.45, 2.75) is 43.9 Å². The first-order valence-corrected chi connectivity index (χ1v) is 7.40. The van der Waals surface area contributed by atoms with Crippen LogP contribution in [0.3, 0.4) is 0 Å². The predicted molar refractivity (Wildman–Crippen MR) is 68.4 cm³/mol. The molecule has 2 rings (SSSR count). The first kappa shape index (κ1) is 12.2. The van der Waals surface area contributed by atoms with Crippen molar-refractivity contribution in [1.29, 1.82) is 0 Å². The Morgan fingerprint density at radius 2 is 2.31 bits per heavy atom. The van der Waals surface area contributed by atoms with Crippen LogP contribution in [0.2, 0.25) is 0 Å². The van der Waals surface area contributed by atoms with Crippen LogP contribution >= 0.6 is 11.8 Å². The highest BCUT2D eigenvalue weighted by Crippen LogP contribution is 2.33. The molecule has 16 heavy (non-hydrogen) atoms. The first-order chi connectivity index (χ1) is 7.70. The second kappa shape index (κ2) is 5.41. The minimum atomic E-state index is 0.113. The number of thioether (sulfide) groups is 1. The van der Waals surface area contributed by atoms with Gasteiger partial charge in [0.05, 0.1) is 0 Å². The van der Waals surface area contributed by atoms with Crippen LogP contribution in [0.5, 0.6) is 0 Å². The molecule has 0 aromatic heterocycles. The van der Waals surface area contributed by atoms with Gasteiger partial charge in [0.25, 0.3) is 0 Å². The van der Waals surface area contributed by atoms with Gasteiger partial charge in [0, 0.05) is 36.6 Å². The Morgan fingerprint density at radius 1 is 1.56 bits per heavy atom. The Balaban J connectivity index is 1.78. The number of hydrogen-bond acceptors (Lipinski definition) is 3. The monoisotopic (exact) mass is 242 g/mol. The van der Waals surface area contributed by atoms with E-state index in [-0.39, 0.29) is 11.9 Å². The van der Waals surface area contributed by atoms with Crippen LogP contribution in [0.15, 0.2) is 0 Å². The fourth-order valence-electron chi connectivity index (χ4n) is 2.21. The van der Waals surface area contributed by atoms with E-state index in [9.17, 15) is 4.79 Å². The van der Waals surface area contributed by atoms with Crippen molar-refractivity contribution < 1.29 is 4.79 Å². The van der Waals surface area contributed by atoms with Gasteiger partial charge in [-0.3, -0.25) is 4.79 Å². The molecule has 0 bridgehead atoms. The molecule has 1 heterocycles. The summed E-state index contributed by atoms with van der Waals surface area (Å²) < 4.78 is 0. The fraction of sp³-hybridized carbons (Fsp3) is 0.917. The van der Waals surface area contributed by atoms with Gasteiger partial charge < -0.3 is 10.6 Å². The van der Waals surface area contributed by atoms with E-state index >= 15 is 0 Å². The van der Waals surface area contributed by atoms with Crippen LogP contribution < -0.4 is 5.73 Å². The minimum absolute atomic E-state index is 0.113. The van der Waals surface area contributed by atoms with Gasteiger partial charge in [0.1, 0.15) is 0 Å². The molecule has 92 valence electrons. The van der Waals surface area contributed by atoms with Crippen molar-refractivity contribution in [2.24, 2.45) is 11.7 Å². The van der Waals surface area contributed by atoms with E-state index in [1.165, 1.54) is 12.8 Å². The lowest BCUT2D eigenvalue weighted by atomic mass is 10.1. The molecule has 0 aromatic rings. The smallest absolute Gasteiger partial charge is 0.224 e. The first-order valence-electron chi connectivity index (χ1n) is 6.35. The van der Waals surface area contributed by atoms with Crippen molar-refractivity contribution >= 4 is 17.7 Å². The van der Waals surface area contributed by atoms with Crippen molar-refractivity contribution in [3.05, 3.63) is 0 Å². The number of rotatable bonds is 4. The maximum Gasteiger partial charge on any atom is 0.224 e. The summed E-state index contributed by atoms with van der Waals surface area (Å²) in [5.41, 5.74) is 6.00. The Hall–Kier alpha value is -0.220. The number of nitrogens with zero attached hydrogens (tertiary/aromatic N) is 1. The summed E-state index contributed by atoms with van der Waals surface area (Å²) in [6, 6.07) is 0.113. The highest BCUT2D eigenvalue weighted by Gasteiger charge is 2.32. The number of carbonyl (C=O) groups is 1. The van der Waals surface area contributed by atoms with Gasteiger partial charge in [-0.2, -0.15) is 11.8 Å². The summed E-state index contributed by atoms with van der Waals surface area (Å²) in [5.74, 6) is 1.99. The molecule has 2 atom stereocenters. The molecule has 2 aliphatic rings. The van der Waals surface area contributed by atoms with Gasteiger partial charge in [0.15, 0.2) is 0 Å². The lowest BCUT2D eigenvalue weighted by Crippen LogP contribution is -2.44. The van der Waals surface area contributed by atoms with Gasteiger partial charge in [0.2, 0.25) is 5.91 Å². The van der Waals surface area contributed by atoms with Crippen LogP contribution in [0.1, 0.15) is 32.6 Å². The third-order valence-corrected chi connectivity index (χ3v) is 4.96. The highest BCUT2D eigenvalue weighted by atomic mass is 32.2. The van der Waals surface area contributed by atoms with Gasteiger partial charge in [-0.1, -0.05) is 6.92 Å². The molecule has 3 nitrogen and oxygen atoms in total. The zero-order valence-corrected chi connectivity index (χ0v) is 10.8. The molecule has 2 unspecified atom stereocenters. The van der Waals surface area contributed by atoms with Crippen molar-refractivity contribution in [2.75, 3.05) is 18.8 Å². The number of hydrogen-bond donors (Lipinski definition) is 1. The molecule has 1 amide bonds. The molecule has 1 aliphatic carbocycles. The van der Waals surface area contributed by atoms with E-state index < -0.39 is 0 Å². The van der Waals surface area contributed by atoms with Crippen LogP contribution in [-0.2, 0) is 4.79 Å². The normalized spacial score (nSPS) is 27.9. The molecular weight excluding hydrogens is 220 g/mol. The van der Waals surface area contributed by atoms with E-state index in [1.807, 2.05) is 16.7 Å². The summed E-state index contributed by atoms with van der Waals surface area (Å²) in [6.45, 7) is 4.04. The maximum atomic E-state index is 12.0. The molecule has 0 spiro atoms. The number of nitrogens with two attached hydrogens (primary N) is 1. The standard InChI is InChI=1S/C12H22N2OS/c1-2-10-8-14(5-6-16-10)12(15)7-11(13)9-3-4-9/h9-11H,2-8,13H2,1H3. The van der Waals surface area contributed by atoms with Gasteiger partial charge >= 0.3 is 0 Å². The quantitative estimate of drug-likeness (QED) is 0.812. The Kier molecular flexibility index (Phi) is 4.14. The number of amides is 1. The summed E-state index contributed by atoms with van der Waals surface area (Å²) >= 11 is 2.00. The lowest BCUT2D eigenvalue weighted by molar-refractivity contribution is -0.131. The third-order valence-electron chi connectivity index (χ3n) is 3.58. The van der Waals surface area contributed by atoms with Crippen LogP contribution in [0.25, 0.3) is 0 Å². The van der Waals surface area contributed by atoms with E-state index in [0.717, 1.165) is 25.3 Å². The van der Waals surface area contributed by atoms with E-state index in [1.54, 1.807) is 0 Å².